The molecule has 134 valence electrons. The highest BCUT2D eigenvalue weighted by atomic mass is 32.1. The van der Waals surface area contributed by atoms with Crippen LogP contribution in [0.3, 0.4) is 0 Å². The van der Waals surface area contributed by atoms with Gasteiger partial charge in [-0.2, -0.15) is 4.73 Å². The zero-order valence-corrected chi connectivity index (χ0v) is 15.0. The quantitative estimate of drug-likeness (QED) is 0.746. The number of nitrogens with one attached hydrogen (secondary N) is 1. The molecule has 0 saturated heterocycles. The third kappa shape index (κ3) is 3.97. The van der Waals surface area contributed by atoms with Gasteiger partial charge in [0, 0.05) is 11.1 Å². The van der Waals surface area contributed by atoms with Gasteiger partial charge in [-0.15, -0.1) is 11.3 Å². The number of aryl methyl sites for hydroxylation is 2. The molecule has 0 aliphatic heterocycles. The Morgan fingerprint density at radius 2 is 2.12 bits per heavy atom. The highest BCUT2D eigenvalue weighted by Crippen LogP contribution is 2.21. The molecule has 1 amide bonds. The van der Waals surface area contributed by atoms with Crippen LogP contribution in [0.4, 0.5) is 9.52 Å². The number of aromatic nitrogens is 2. The van der Waals surface area contributed by atoms with Crippen LogP contribution in [0.2, 0.25) is 0 Å². The van der Waals surface area contributed by atoms with Crippen LogP contribution in [0.5, 0.6) is 0 Å². The Kier molecular flexibility index (Phi) is 5.13. The second-order valence-electron chi connectivity index (χ2n) is 5.57. The molecule has 0 spiro atoms. The fourth-order valence-corrected chi connectivity index (χ4v) is 3.02. The average molecular weight is 373 g/mol. The number of hydrogen-bond acceptors (Lipinski definition) is 5. The highest BCUT2D eigenvalue weighted by molar-refractivity contribution is 7.15. The van der Waals surface area contributed by atoms with Gasteiger partial charge in [-0.3, -0.25) is 14.9 Å². The SMILES string of the molecule is Cc1nc(NC(=O)c2cccn(OCc3cccc(F)c3)c2=O)sc1C. The first-order valence-corrected chi connectivity index (χ1v) is 8.60. The number of halogens is 1. The number of rotatable bonds is 5. The van der Waals surface area contributed by atoms with Crippen molar-refractivity contribution in [3.63, 3.8) is 0 Å². The van der Waals surface area contributed by atoms with Gasteiger partial charge in [0.05, 0.1) is 5.69 Å². The number of carbonyl (C=O) groups excluding carboxylic acids is 1. The number of pyridine rings is 1. The Balaban J connectivity index is 1.76. The molecule has 0 radical (unpaired) electrons. The summed E-state index contributed by atoms with van der Waals surface area (Å²) in [6.07, 6.45) is 1.40. The molecule has 3 rings (SSSR count). The fraction of sp³-hybridized carbons (Fsp3) is 0.167. The Labute approximate surface area is 152 Å². The second-order valence-corrected chi connectivity index (χ2v) is 6.77. The third-order valence-corrected chi connectivity index (χ3v) is 4.66. The Bertz CT molecular complexity index is 993. The van der Waals surface area contributed by atoms with Crippen LogP contribution in [-0.2, 0) is 6.61 Å². The molecule has 2 heterocycles. The molecular formula is C18H16FN3O3S. The second kappa shape index (κ2) is 7.49. The van der Waals surface area contributed by atoms with Gasteiger partial charge in [-0.05, 0) is 43.7 Å². The molecule has 0 atom stereocenters. The minimum Gasteiger partial charge on any atom is -0.406 e. The van der Waals surface area contributed by atoms with Gasteiger partial charge in [-0.1, -0.05) is 12.1 Å². The van der Waals surface area contributed by atoms with E-state index < -0.39 is 11.5 Å². The summed E-state index contributed by atoms with van der Waals surface area (Å²) in [4.78, 5) is 35.4. The molecule has 0 fully saturated rings. The van der Waals surface area contributed by atoms with Crippen molar-refractivity contribution in [2.24, 2.45) is 0 Å². The molecule has 8 heteroatoms. The number of amides is 1. The number of carbonyl (C=O) groups is 1. The normalized spacial score (nSPS) is 10.6. The molecule has 6 nitrogen and oxygen atoms in total. The van der Waals surface area contributed by atoms with Crippen molar-refractivity contribution in [1.82, 2.24) is 9.71 Å². The zero-order chi connectivity index (χ0) is 18.7. The first kappa shape index (κ1) is 17.8. The minimum absolute atomic E-state index is 0.00634. The van der Waals surface area contributed by atoms with Crippen LogP contribution < -0.4 is 15.7 Å². The van der Waals surface area contributed by atoms with Gasteiger partial charge in [0.15, 0.2) is 5.13 Å². The average Bonchev–Trinajstić information content (AvgIpc) is 2.91. The topological polar surface area (TPSA) is 73.2 Å². The number of anilines is 1. The smallest absolute Gasteiger partial charge is 0.295 e. The van der Waals surface area contributed by atoms with Crippen LogP contribution in [0.15, 0.2) is 47.4 Å². The van der Waals surface area contributed by atoms with Crippen LogP contribution >= 0.6 is 11.3 Å². The number of thiazole rings is 1. The van der Waals surface area contributed by atoms with Crippen molar-refractivity contribution in [2.45, 2.75) is 20.5 Å². The van der Waals surface area contributed by atoms with Crippen LogP contribution in [0.1, 0.15) is 26.5 Å². The van der Waals surface area contributed by atoms with Gasteiger partial charge in [0.1, 0.15) is 18.0 Å². The van der Waals surface area contributed by atoms with E-state index >= 15 is 0 Å². The van der Waals surface area contributed by atoms with E-state index in [9.17, 15) is 14.0 Å². The van der Waals surface area contributed by atoms with E-state index in [-0.39, 0.29) is 18.0 Å². The maximum absolute atomic E-state index is 13.2. The molecule has 0 unspecified atom stereocenters. The maximum atomic E-state index is 13.2. The summed E-state index contributed by atoms with van der Waals surface area (Å²) in [6, 6.07) is 8.81. The Hall–Kier alpha value is -3.00. The van der Waals surface area contributed by atoms with Crippen molar-refractivity contribution in [3.8, 4) is 0 Å². The summed E-state index contributed by atoms with van der Waals surface area (Å²) >= 11 is 1.34. The lowest BCUT2D eigenvalue weighted by Gasteiger charge is -2.09. The van der Waals surface area contributed by atoms with E-state index in [0.29, 0.717) is 10.7 Å². The number of hydrogen-bond donors (Lipinski definition) is 1. The summed E-state index contributed by atoms with van der Waals surface area (Å²) in [5.41, 5.74) is 0.721. The molecule has 2 aromatic heterocycles. The molecule has 26 heavy (non-hydrogen) atoms. The number of benzene rings is 1. The van der Waals surface area contributed by atoms with Gasteiger partial charge in [0.25, 0.3) is 11.5 Å². The van der Waals surface area contributed by atoms with E-state index in [1.807, 2.05) is 13.8 Å². The zero-order valence-electron chi connectivity index (χ0n) is 14.2. The predicted octanol–water partition coefficient (Wildman–Crippen LogP) is 2.94. The minimum atomic E-state index is -0.605. The van der Waals surface area contributed by atoms with Crippen LogP contribution in [-0.4, -0.2) is 15.6 Å². The Morgan fingerprint density at radius 3 is 2.81 bits per heavy atom. The largest absolute Gasteiger partial charge is 0.406 e. The van der Waals surface area contributed by atoms with Crippen molar-refractivity contribution in [1.29, 1.82) is 0 Å². The molecule has 3 aromatic rings. The molecule has 0 aliphatic rings. The summed E-state index contributed by atoms with van der Waals surface area (Å²) < 4.78 is 14.2. The monoisotopic (exact) mass is 373 g/mol. The van der Waals surface area contributed by atoms with Crippen molar-refractivity contribution >= 4 is 22.4 Å². The summed E-state index contributed by atoms with van der Waals surface area (Å²) in [5, 5.41) is 3.05. The summed E-state index contributed by atoms with van der Waals surface area (Å²) in [5.74, 6) is -0.951. The van der Waals surface area contributed by atoms with Gasteiger partial charge < -0.3 is 4.84 Å². The van der Waals surface area contributed by atoms with Crippen molar-refractivity contribution in [3.05, 3.63) is 80.5 Å². The molecule has 1 N–H and O–H groups in total. The summed E-state index contributed by atoms with van der Waals surface area (Å²) in [6.45, 7) is 3.74. The molecule has 0 saturated carbocycles. The summed E-state index contributed by atoms with van der Waals surface area (Å²) in [7, 11) is 0. The molecule has 1 aromatic carbocycles. The van der Waals surface area contributed by atoms with Crippen LogP contribution in [0.25, 0.3) is 0 Å². The van der Waals surface area contributed by atoms with E-state index in [4.69, 9.17) is 4.84 Å². The number of nitrogens with zero attached hydrogens (tertiary/aromatic N) is 2. The predicted molar refractivity (Wildman–Crippen MR) is 96.9 cm³/mol. The lowest BCUT2D eigenvalue weighted by Crippen LogP contribution is -2.32. The van der Waals surface area contributed by atoms with Gasteiger partial charge in [-0.25, -0.2) is 9.37 Å². The Morgan fingerprint density at radius 1 is 1.31 bits per heavy atom. The van der Waals surface area contributed by atoms with Gasteiger partial charge in [0.2, 0.25) is 0 Å². The van der Waals surface area contributed by atoms with E-state index in [1.54, 1.807) is 12.1 Å². The maximum Gasteiger partial charge on any atom is 0.295 e. The van der Waals surface area contributed by atoms with E-state index in [1.165, 1.54) is 41.8 Å². The molecule has 0 aliphatic carbocycles. The first-order chi connectivity index (χ1) is 12.4. The molecule has 0 bridgehead atoms. The fourth-order valence-electron chi connectivity index (χ4n) is 2.21. The van der Waals surface area contributed by atoms with Gasteiger partial charge >= 0.3 is 0 Å². The lowest BCUT2D eigenvalue weighted by atomic mass is 10.2. The first-order valence-electron chi connectivity index (χ1n) is 7.79. The van der Waals surface area contributed by atoms with Crippen molar-refractivity contribution in [2.75, 3.05) is 5.32 Å². The third-order valence-electron chi connectivity index (χ3n) is 3.67. The van der Waals surface area contributed by atoms with Crippen LogP contribution in [0, 0.1) is 19.7 Å². The van der Waals surface area contributed by atoms with Crippen molar-refractivity contribution < 1.29 is 14.0 Å². The lowest BCUT2D eigenvalue weighted by molar-refractivity contribution is 0.0862. The van der Waals surface area contributed by atoms with E-state index in [0.717, 1.165) is 15.3 Å². The standard InChI is InChI=1S/C18H16FN3O3S/c1-11-12(2)26-18(20-11)21-16(23)15-7-4-8-22(17(15)24)25-10-13-5-3-6-14(19)9-13/h3-9H,10H2,1-2H3,(H,20,21,23). The van der Waals surface area contributed by atoms with E-state index in [2.05, 4.69) is 10.3 Å². The molecular weight excluding hydrogens is 357 g/mol. The highest BCUT2D eigenvalue weighted by Gasteiger charge is 2.15.